The molecule has 2 aliphatic heterocycles. The quantitative estimate of drug-likeness (QED) is 0.496. The number of benzene rings is 1. The van der Waals surface area contributed by atoms with Crippen molar-refractivity contribution >= 4 is 50.7 Å². The Hall–Kier alpha value is -2.57. The van der Waals surface area contributed by atoms with E-state index in [9.17, 15) is 8.42 Å². The number of hydrogen-bond acceptors (Lipinski definition) is 9. The summed E-state index contributed by atoms with van der Waals surface area (Å²) in [4.78, 5) is 12.5. The van der Waals surface area contributed by atoms with Crippen molar-refractivity contribution in [1.29, 1.82) is 0 Å². The molecule has 0 spiro atoms. The van der Waals surface area contributed by atoms with Crippen molar-refractivity contribution in [2.75, 3.05) is 0 Å². The zero-order chi connectivity index (χ0) is 16.6. The summed E-state index contributed by atoms with van der Waals surface area (Å²) in [7, 11) is -3.74. The van der Waals surface area contributed by atoms with Crippen molar-refractivity contribution in [2.45, 2.75) is 10.9 Å². The number of nitrogens with zero attached hydrogens (tertiary/aromatic N) is 5. The van der Waals surface area contributed by atoms with E-state index in [-0.39, 0.29) is 16.8 Å². The largest absolute Gasteiger partial charge is 0.369 e. The summed E-state index contributed by atoms with van der Waals surface area (Å²) in [5.41, 5.74) is 5.97. The van der Waals surface area contributed by atoms with Crippen LogP contribution in [0.15, 0.2) is 54.4 Å². The molecule has 1 aromatic rings. The van der Waals surface area contributed by atoms with E-state index in [2.05, 4.69) is 30.5 Å². The van der Waals surface area contributed by atoms with Crippen molar-refractivity contribution in [3.8, 4) is 0 Å². The number of nitrogens with two attached hydrogens (primary N) is 2. The number of azo groups is 1. The number of fused-ring (bicyclic) bond motifs is 1. The lowest BCUT2D eigenvalue weighted by atomic mass is 10.2. The topological polar surface area (TPSA) is 160 Å². The molecule has 3 rings (SSSR count). The Balaban J connectivity index is 1.77. The monoisotopic (exact) mass is 350 g/mol. The Labute approximate surface area is 136 Å². The first kappa shape index (κ1) is 15.3. The zero-order valence-corrected chi connectivity index (χ0v) is 13.0. The summed E-state index contributed by atoms with van der Waals surface area (Å²) in [5.74, 6) is 0.707. The molecule has 0 amide bonds. The van der Waals surface area contributed by atoms with Gasteiger partial charge >= 0.3 is 0 Å². The molecule has 5 N–H and O–H groups in total. The molecule has 0 radical (unpaired) electrons. The minimum atomic E-state index is -3.74. The van der Waals surface area contributed by atoms with Crippen molar-refractivity contribution in [1.82, 2.24) is 5.32 Å². The van der Waals surface area contributed by atoms with Gasteiger partial charge in [-0.2, -0.15) is 4.99 Å². The maximum Gasteiger partial charge on any atom is 0.267 e. The lowest BCUT2D eigenvalue weighted by Crippen LogP contribution is -2.48. The van der Waals surface area contributed by atoms with Gasteiger partial charge in [0.05, 0.1) is 10.6 Å². The predicted octanol–water partition coefficient (Wildman–Crippen LogP) is -0.200. The fraction of sp³-hybridized carbons (Fsp3) is 0.0909. The lowest BCUT2D eigenvalue weighted by molar-refractivity contribution is 0.598. The van der Waals surface area contributed by atoms with E-state index < -0.39 is 16.1 Å². The number of nitrogens with one attached hydrogen (secondary N) is 1. The highest BCUT2D eigenvalue weighted by Crippen LogP contribution is 2.17. The Morgan fingerprint density at radius 1 is 1.17 bits per heavy atom. The van der Waals surface area contributed by atoms with Gasteiger partial charge in [0.2, 0.25) is 10.0 Å². The fourth-order valence-corrected chi connectivity index (χ4v) is 2.61. The van der Waals surface area contributed by atoms with Gasteiger partial charge in [0.25, 0.3) is 5.96 Å². The Kier molecular flexibility index (Phi) is 3.71. The number of rotatable bonds is 2. The molecule has 0 fully saturated rings. The van der Waals surface area contributed by atoms with Crippen molar-refractivity contribution < 1.29 is 8.42 Å². The molecule has 23 heavy (non-hydrogen) atoms. The van der Waals surface area contributed by atoms with Crippen LogP contribution in [0.3, 0.4) is 0 Å². The van der Waals surface area contributed by atoms with Crippen LogP contribution in [0.2, 0.25) is 0 Å². The minimum absolute atomic E-state index is 0.0110. The van der Waals surface area contributed by atoms with E-state index in [1.54, 1.807) is 0 Å². The third-order valence-electron chi connectivity index (χ3n) is 2.86. The maximum atomic E-state index is 11.2. The molecule has 1 unspecified atom stereocenters. The highest BCUT2D eigenvalue weighted by atomic mass is 32.2. The summed E-state index contributed by atoms with van der Waals surface area (Å²) >= 11 is 5.06. The highest BCUT2D eigenvalue weighted by Gasteiger charge is 2.30. The van der Waals surface area contributed by atoms with Crippen molar-refractivity contribution in [3.63, 3.8) is 0 Å². The Morgan fingerprint density at radius 2 is 1.87 bits per heavy atom. The normalized spacial score (nSPS) is 20.7. The molecule has 0 bridgehead atoms. The molecule has 0 aliphatic carbocycles. The molecule has 0 aromatic heterocycles. The van der Waals surface area contributed by atoms with Crippen LogP contribution in [0.5, 0.6) is 0 Å². The Morgan fingerprint density at radius 3 is 2.52 bits per heavy atom. The van der Waals surface area contributed by atoms with Crippen LogP contribution < -0.4 is 16.2 Å². The van der Waals surface area contributed by atoms with Gasteiger partial charge in [-0.25, -0.2) is 23.5 Å². The van der Waals surface area contributed by atoms with Crippen LogP contribution in [0.4, 0.5) is 5.69 Å². The number of thiocarbonyl (C=S) groups is 1. The van der Waals surface area contributed by atoms with Gasteiger partial charge in [-0.1, -0.05) is 12.2 Å². The average molecular weight is 350 g/mol. The van der Waals surface area contributed by atoms with Gasteiger partial charge in [0.15, 0.2) is 12.0 Å². The first-order chi connectivity index (χ1) is 10.8. The third-order valence-corrected chi connectivity index (χ3v) is 4.11. The van der Waals surface area contributed by atoms with Gasteiger partial charge < -0.3 is 11.1 Å². The second-order valence-electron chi connectivity index (χ2n) is 4.53. The number of amidine groups is 1. The van der Waals surface area contributed by atoms with Crippen molar-refractivity contribution in [3.05, 3.63) is 24.3 Å². The fourth-order valence-electron chi connectivity index (χ4n) is 1.83. The van der Waals surface area contributed by atoms with E-state index in [4.69, 9.17) is 23.1 Å². The van der Waals surface area contributed by atoms with E-state index in [0.717, 1.165) is 0 Å². The summed E-state index contributed by atoms with van der Waals surface area (Å²) in [6.45, 7) is 0. The SMILES string of the molecule is NC1=NC(=S)C2N=C(N=Nc3ccc(S(N)(=O)=O)cc3)N=C2N1. The molecular formula is C11H10N8O2S2. The van der Waals surface area contributed by atoms with Crippen LogP contribution in [0, 0.1) is 0 Å². The van der Waals surface area contributed by atoms with Gasteiger partial charge in [0, 0.05) is 0 Å². The Bertz CT molecular complexity index is 898. The molecule has 118 valence electrons. The molecule has 1 atom stereocenters. The number of guanidine groups is 2. The van der Waals surface area contributed by atoms with E-state index in [1.165, 1.54) is 24.3 Å². The van der Waals surface area contributed by atoms with Gasteiger partial charge in [0.1, 0.15) is 10.8 Å². The standard InChI is InChI=1S/C11H10N8O2S2/c12-10-15-8-7(9(22)17-10)14-11(16-8)19-18-5-1-3-6(4-2-5)23(13,20)21/h1-4,7H,(H2,13,20,21)(H3,12,14,15,16,17,22). The average Bonchev–Trinajstić information content (AvgIpc) is 2.88. The zero-order valence-electron chi connectivity index (χ0n) is 11.4. The van der Waals surface area contributed by atoms with Crippen LogP contribution >= 0.6 is 12.2 Å². The molecule has 2 heterocycles. The lowest BCUT2D eigenvalue weighted by Gasteiger charge is -2.16. The third kappa shape index (κ3) is 3.28. The van der Waals surface area contributed by atoms with Gasteiger partial charge in [-0.3, -0.25) is 0 Å². The molecule has 1 aromatic carbocycles. The van der Waals surface area contributed by atoms with E-state index in [1.807, 2.05) is 0 Å². The van der Waals surface area contributed by atoms with Crippen LogP contribution in [-0.2, 0) is 10.0 Å². The minimum Gasteiger partial charge on any atom is -0.369 e. The highest BCUT2D eigenvalue weighted by molar-refractivity contribution is 7.89. The van der Waals surface area contributed by atoms with E-state index in [0.29, 0.717) is 16.5 Å². The van der Waals surface area contributed by atoms with Crippen molar-refractivity contribution in [2.24, 2.45) is 36.1 Å². The predicted molar refractivity (Wildman–Crippen MR) is 88.3 cm³/mol. The van der Waals surface area contributed by atoms with Gasteiger partial charge in [-0.15, -0.1) is 10.2 Å². The number of primary sulfonamides is 1. The summed E-state index contributed by atoms with van der Waals surface area (Å²) in [6, 6.07) is 5.07. The maximum absolute atomic E-state index is 11.2. The number of sulfonamides is 1. The summed E-state index contributed by atoms with van der Waals surface area (Å²) < 4.78 is 22.3. The van der Waals surface area contributed by atoms with Crippen LogP contribution in [-0.4, -0.2) is 37.2 Å². The summed E-state index contributed by atoms with van der Waals surface area (Å²) in [6.07, 6.45) is 0. The van der Waals surface area contributed by atoms with Crippen LogP contribution in [0.1, 0.15) is 0 Å². The smallest absolute Gasteiger partial charge is 0.267 e. The van der Waals surface area contributed by atoms with Gasteiger partial charge in [-0.05, 0) is 24.3 Å². The molecule has 10 nitrogen and oxygen atoms in total. The molecule has 2 aliphatic rings. The molecule has 0 saturated carbocycles. The summed E-state index contributed by atoms with van der Waals surface area (Å²) in [5, 5.41) is 15.6. The second-order valence-corrected chi connectivity index (χ2v) is 6.51. The van der Waals surface area contributed by atoms with E-state index >= 15 is 0 Å². The number of aliphatic imine (C=N–C) groups is 3. The molecule has 12 heteroatoms. The first-order valence-corrected chi connectivity index (χ1v) is 8.14. The first-order valence-electron chi connectivity index (χ1n) is 6.19. The number of hydrogen-bond donors (Lipinski definition) is 3. The van der Waals surface area contributed by atoms with Crippen LogP contribution in [0.25, 0.3) is 0 Å². The second kappa shape index (κ2) is 5.57. The molecular weight excluding hydrogens is 340 g/mol. The molecule has 0 saturated heterocycles.